The van der Waals surface area contributed by atoms with Crippen molar-refractivity contribution in [2.45, 2.75) is 54.1 Å². The summed E-state index contributed by atoms with van der Waals surface area (Å²) in [5.41, 5.74) is 0. The average Bonchev–Trinajstić information content (AvgIpc) is 2.96. The van der Waals surface area contributed by atoms with E-state index in [1.54, 1.807) is 0 Å². The SMILES string of the molecule is COCCOCCOCCN(CCOCCOCCOC)CCC(F)(F)C(F)(F)C(F)(F)C(F)(F)C(F)(F)C(F)(F)C(F)(F)C(F)(F)F. The minimum Gasteiger partial charge on any atom is -0.382 e. The van der Waals surface area contributed by atoms with E-state index in [4.69, 9.17) is 28.4 Å². The molecule has 0 spiro atoms. The van der Waals surface area contributed by atoms with E-state index in [-0.39, 0.29) is 66.1 Å². The van der Waals surface area contributed by atoms with Crippen LogP contribution in [-0.2, 0) is 28.4 Å². The molecule has 48 heavy (non-hydrogen) atoms. The zero-order valence-electron chi connectivity index (χ0n) is 25.2. The highest BCUT2D eigenvalue weighted by atomic mass is 19.4. The third-order valence-electron chi connectivity index (χ3n) is 6.24. The summed E-state index contributed by atoms with van der Waals surface area (Å²) in [6.45, 7) is -2.62. The van der Waals surface area contributed by atoms with Gasteiger partial charge < -0.3 is 28.4 Å². The standard InChI is InChI=1S/C24H34F17NO6/c1-43-9-11-47-15-13-45-7-5-42(6-8-46-14-16-48-12-10-44-2)4-3-17(25,26)18(27,28)19(29,30)20(31,32)21(33,34)22(35,36)23(37,38)24(39,40)41/h3-16H2,1-2H3. The highest BCUT2D eigenvalue weighted by Crippen LogP contribution is 2.64. The fourth-order valence-electron chi connectivity index (χ4n) is 3.30. The van der Waals surface area contributed by atoms with Crippen LogP contribution in [-0.4, -0.2) is 152 Å². The number of nitrogens with zero attached hydrogens (tertiary/aromatic N) is 1. The van der Waals surface area contributed by atoms with E-state index in [0.29, 0.717) is 0 Å². The fraction of sp³-hybridized carbons (Fsp3) is 1.00. The second kappa shape index (κ2) is 18.7. The third-order valence-corrected chi connectivity index (χ3v) is 6.24. The number of alkyl halides is 17. The Balaban J connectivity index is 5.84. The van der Waals surface area contributed by atoms with E-state index >= 15 is 0 Å². The van der Waals surface area contributed by atoms with Gasteiger partial charge in [-0.15, -0.1) is 0 Å². The molecule has 0 bridgehead atoms. The summed E-state index contributed by atoms with van der Waals surface area (Å²) in [6.07, 6.45) is -10.4. The van der Waals surface area contributed by atoms with Crippen molar-refractivity contribution >= 4 is 0 Å². The van der Waals surface area contributed by atoms with E-state index in [1.807, 2.05) is 0 Å². The van der Waals surface area contributed by atoms with E-state index in [9.17, 15) is 74.6 Å². The maximum absolute atomic E-state index is 14.4. The summed E-state index contributed by atoms with van der Waals surface area (Å²) < 4.78 is 260. The normalized spacial score (nSPS) is 14.8. The first-order valence-corrected chi connectivity index (χ1v) is 13.5. The Kier molecular flexibility index (Phi) is 18.1. The Morgan fingerprint density at radius 2 is 0.646 bits per heavy atom. The molecular weight excluding hydrogens is 721 g/mol. The Bertz CT molecular complexity index is 889. The van der Waals surface area contributed by atoms with Crippen LogP contribution in [0, 0.1) is 0 Å². The Hall–Kier alpha value is -1.47. The summed E-state index contributed by atoms with van der Waals surface area (Å²) in [5.74, 6) is -56.6. The molecular formula is C24H34F17NO6. The van der Waals surface area contributed by atoms with Crippen molar-refractivity contribution in [2.24, 2.45) is 0 Å². The number of hydrogen-bond acceptors (Lipinski definition) is 7. The Morgan fingerprint density at radius 1 is 0.354 bits per heavy atom. The number of methoxy groups -OCH3 is 2. The molecule has 0 aliphatic carbocycles. The van der Waals surface area contributed by atoms with Gasteiger partial charge in [0.1, 0.15) is 0 Å². The lowest BCUT2D eigenvalue weighted by Crippen LogP contribution is -2.74. The van der Waals surface area contributed by atoms with Crippen LogP contribution in [0.15, 0.2) is 0 Å². The quantitative estimate of drug-likeness (QED) is 0.0749. The van der Waals surface area contributed by atoms with Gasteiger partial charge in [-0.1, -0.05) is 0 Å². The molecule has 0 saturated heterocycles. The minimum atomic E-state index is -8.66. The van der Waals surface area contributed by atoms with E-state index in [2.05, 4.69) is 0 Å². The van der Waals surface area contributed by atoms with Crippen LogP contribution in [0.25, 0.3) is 0 Å². The number of ether oxygens (including phenoxy) is 6. The van der Waals surface area contributed by atoms with Gasteiger partial charge in [-0.05, 0) is 0 Å². The maximum Gasteiger partial charge on any atom is 0.460 e. The van der Waals surface area contributed by atoms with Gasteiger partial charge in [0, 0.05) is 40.3 Å². The highest BCUT2D eigenvalue weighted by molar-refractivity contribution is 5.15. The topological polar surface area (TPSA) is 58.6 Å². The molecule has 0 aromatic carbocycles. The molecule has 0 aromatic heterocycles. The predicted molar refractivity (Wildman–Crippen MR) is 129 cm³/mol. The van der Waals surface area contributed by atoms with Crippen LogP contribution in [0.3, 0.4) is 0 Å². The number of halogens is 17. The van der Waals surface area contributed by atoms with Crippen molar-refractivity contribution in [1.82, 2.24) is 4.90 Å². The van der Waals surface area contributed by atoms with Crippen LogP contribution in [0.4, 0.5) is 74.6 Å². The van der Waals surface area contributed by atoms with Crippen LogP contribution >= 0.6 is 0 Å². The second-order valence-corrected chi connectivity index (χ2v) is 9.68. The summed E-state index contributed by atoms with van der Waals surface area (Å²) in [4.78, 5) is 0.768. The lowest BCUT2D eigenvalue weighted by Gasteiger charge is -2.43. The van der Waals surface area contributed by atoms with Gasteiger partial charge in [-0.3, -0.25) is 4.90 Å². The summed E-state index contributed by atoms with van der Waals surface area (Å²) in [6, 6.07) is 0. The van der Waals surface area contributed by atoms with Gasteiger partial charge in [0.2, 0.25) is 0 Å². The molecule has 290 valence electrons. The maximum atomic E-state index is 14.4. The fourth-order valence-corrected chi connectivity index (χ4v) is 3.30. The van der Waals surface area contributed by atoms with Crippen molar-refractivity contribution in [3.8, 4) is 0 Å². The van der Waals surface area contributed by atoms with Crippen LogP contribution in [0.5, 0.6) is 0 Å². The van der Waals surface area contributed by atoms with Gasteiger partial charge in [0.25, 0.3) is 0 Å². The molecule has 0 saturated carbocycles. The van der Waals surface area contributed by atoms with Gasteiger partial charge in [0.15, 0.2) is 0 Å². The van der Waals surface area contributed by atoms with Crippen molar-refractivity contribution in [2.75, 3.05) is 99.9 Å². The van der Waals surface area contributed by atoms with E-state index in [0.717, 1.165) is 4.90 Å². The van der Waals surface area contributed by atoms with Crippen molar-refractivity contribution in [1.29, 1.82) is 0 Å². The molecule has 0 aromatic rings. The van der Waals surface area contributed by atoms with Crippen LogP contribution in [0.1, 0.15) is 6.42 Å². The molecule has 0 fully saturated rings. The van der Waals surface area contributed by atoms with Crippen molar-refractivity contribution in [3.05, 3.63) is 0 Å². The molecule has 0 aliphatic rings. The zero-order chi connectivity index (χ0) is 37.7. The first kappa shape index (κ1) is 46.5. The molecule has 0 unspecified atom stereocenters. The van der Waals surface area contributed by atoms with Gasteiger partial charge >= 0.3 is 47.6 Å². The molecule has 24 heteroatoms. The summed E-state index contributed by atoms with van der Waals surface area (Å²) in [5, 5.41) is 0. The monoisotopic (exact) mass is 755 g/mol. The van der Waals surface area contributed by atoms with Gasteiger partial charge in [-0.2, -0.15) is 74.6 Å². The minimum absolute atomic E-state index is 0.0122. The summed E-state index contributed by atoms with van der Waals surface area (Å²) >= 11 is 0. The third kappa shape index (κ3) is 11.0. The van der Waals surface area contributed by atoms with E-state index in [1.165, 1.54) is 14.2 Å². The number of hydrogen-bond donors (Lipinski definition) is 0. The zero-order valence-corrected chi connectivity index (χ0v) is 25.2. The largest absolute Gasteiger partial charge is 0.460 e. The first-order chi connectivity index (χ1) is 21.7. The first-order valence-electron chi connectivity index (χ1n) is 13.5. The predicted octanol–water partition coefficient (Wildman–Crippen LogP) is 6.05. The molecule has 0 atom stereocenters. The summed E-state index contributed by atoms with van der Waals surface area (Å²) in [7, 11) is 2.76. The molecule has 0 aliphatic heterocycles. The lowest BCUT2D eigenvalue weighted by atomic mass is 9.88. The molecule has 0 N–H and O–H groups in total. The van der Waals surface area contributed by atoms with Crippen molar-refractivity contribution < 1.29 is 103 Å². The van der Waals surface area contributed by atoms with Gasteiger partial charge in [0.05, 0.1) is 66.1 Å². The van der Waals surface area contributed by atoms with E-state index < -0.39 is 73.7 Å². The highest BCUT2D eigenvalue weighted by Gasteiger charge is 2.95. The molecule has 0 amide bonds. The smallest absolute Gasteiger partial charge is 0.382 e. The second-order valence-electron chi connectivity index (χ2n) is 9.68. The van der Waals surface area contributed by atoms with Crippen LogP contribution < -0.4 is 0 Å². The Morgan fingerprint density at radius 3 is 0.979 bits per heavy atom. The van der Waals surface area contributed by atoms with Crippen molar-refractivity contribution in [3.63, 3.8) is 0 Å². The average molecular weight is 756 g/mol. The lowest BCUT2D eigenvalue weighted by molar-refractivity contribution is -0.461. The van der Waals surface area contributed by atoms with Gasteiger partial charge in [-0.25, -0.2) is 0 Å². The molecule has 7 nitrogen and oxygen atoms in total. The molecule has 0 heterocycles. The Labute approximate surface area is 262 Å². The van der Waals surface area contributed by atoms with Crippen LogP contribution in [0.2, 0.25) is 0 Å². The molecule has 0 radical (unpaired) electrons. The number of rotatable bonds is 27. The molecule has 0 rings (SSSR count).